The predicted octanol–water partition coefficient (Wildman–Crippen LogP) is 3.35. The minimum Gasteiger partial charge on any atom is -0.372 e. The molecule has 0 aromatic heterocycles. The number of benzene rings is 1. The standard InChI is InChI=1S/C18H33N3/c1-7-21(14-8-13-20(5)6)17-11-9-16(10-12-17)15-19-18(2,3)4/h9-12,19H,7-8,13-15H2,1-6H3. The summed E-state index contributed by atoms with van der Waals surface area (Å²) in [5.74, 6) is 0. The molecule has 0 atom stereocenters. The summed E-state index contributed by atoms with van der Waals surface area (Å²) in [4.78, 5) is 4.69. The molecular weight excluding hydrogens is 258 g/mol. The minimum atomic E-state index is 0.167. The van der Waals surface area contributed by atoms with Gasteiger partial charge in [0, 0.05) is 30.9 Å². The Morgan fingerprint density at radius 1 is 1.00 bits per heavy atom. The molecule has 0 fully saturated rings. The lowest BCUT2D eigenvalue weighted by atomic mass is 10.1. The van der Waals surface area contributed by atoms with Crippen LogP contribution in [0.1, 0.15) is 39.7 Å². The normalized spacial score (nSPS) is 12.0. The van der Waals surface area contributed by atoms with Crippen LogP contribution in [0.25, 0.3) is 0 Å². The Bertz CT molecular complexity index is 390. The molecule has 0 radical (unpaired) electrons. The van der Waals surface area contributed by atoms with Crippen molar-refractivity contribution in [2.24, 2.45) is 0 Å². The second-order valence-electron chi connectivity index (χ2n) is 7.01. The van der Waals surface area contributed by atoms with E-state index < -0.39 is 0 Å². The molecular formula is C18H33N3. The summed E-state index contributed by atoms with van der Waals surface area (Å²) in [6.07, 6.45) is 1.20. The van der Waals surface area contributed by atoms with Gasteiger partial charge in [-0.05, 0) is 72.5 Å². The first kappa shape index (κ1) is 18.0. The first-order valence-electron chi connectivity index (χ1n) is 8.05. The van der Waals surface area contributed by atoms with Crippen LogP contribution in [0.3, 0.4) is 0 Å². The molecule has 0 amide bonds. The van der Waals surface area contributed by atoms with E-state index in [1.807, 2.05) is 0 Å². The molecule has 3 nitrogen and oxygen atoms in total. The van der Waals surface area contributed by atoms with Crippen LogP contribution in [0, 0.1) is 0 Å². The molecule has 0 saturated heterocycles. The highest BCUT2D eigenvalue weighted by atomic mass is 15.1. The fourth-order valence-electron chi connectivity index (χ4n) is 2.24. The maximum Gasteiger partial charge on any atom is 0.0366 e. The quantitative estimate of drug-likeness (QED) is 0.792. The van der Waals surface area contributed by atoms with E-state index in [-0.39, 0.29) is 5.54 Å². The zero-order valence-corrected chi connectivity index (χ0v) is 14.7. The summed E-state index contributed by atoms with van der Waals surface area (Å²) in [6.45, 7) is 13.1. The number of nitrogens with one attached hydrogen (secondary N) is 1. The molecule has 1 rings (SSSR count). The monoisotopic (exact) mass is 291 g/mol. The van der Waals surface area contributed by atoms with E-state index in [1.165, 1.54) is 17.7 Å². The summed E-state index contributed by atoms with van der Waals surface area (Å²) in [5.41, 5.74) is 2.84. The van der Waals surface area contributed by atoms with Crippen LogP contribution in [0.4, 0.5) is 5.69 Å². The molecule has 0 aliphatic heterocycles. The van der Waals surface area contributed by atoms with Crippen molar-refractivity contribution in [2.75, 3.05) is 38.6 Å². The van der Waals surface area contributed by atoms with Gasteiger partial charge in [-0.1, -0.05) is 12.1 Å². The molecule has 1 N–H and O–H groups in total. The maximum atomic E-state index is 3.53. The van der Waals surface area contributed by atoms with Crippen LogP contribution in [0.5, 0.6) is 0 Å². The van der Waals surface area contributed by atoms with Crippen molar-refractivity contribution in [3.63, 3.8) is 0 Å². The van der Waals surface area contributed by atoms with Crippen molar-refractivity contribution < 1.29 is 0 Å². The number of hydrogen-bond donors (Lipinski definition) is 1. The molecule has 0 saturated carbocycles. The Balaban J connectivity index is 2.54. The summed E-state index contributed by atoms with van der Waals surface area (Å²) >= 11 is 0. The van der Waals surface area contributed by atoms with Gasteiger partial charge in [-0.2, -0.15) is 0 Å². The molecule has 0 aliphatic rings. The third kappa shape index (κ3) is 7.49. The second-order valence-corrected chi connectivity index (χ2v) is 7.01. The first-order chi connectivity index (χ1) is 9.81. The second kappa shape index (κ2) is 8.40. The molecule has 3 heteroatoms. The van der Waals surface area contributed by atoms with E-state index in [0.29, 0.717) is 0 Å². The van der Waals surface area contributed by atoms with Crippen LogP contribution >= 0.6 is 0 Å². The lowest BCUT2D eigenvalue weighted by molar-refractivity contribution is 0.400. The molecule has 0 spiro atoms. The highest BCUT2D eigenvalue weighted by Crippen LogP contribution is 2.16. The Labute approximate surface area is 131 Å². The molecule has 0 aliphatic carbocycles. The fraction of sp³-hybridized carbons (Fsp3) is 0.667. The fourth-order valence-corrected chi connectivity index (χ4v) is 2.24. The van der Waals surface area contributed by atoms with Crippen molar-refractivity contribution in [3.05, 3.63) is 29.8 Å². The Hall–Kier alpha value is -1.06. The van der Waals surface area contributed by atoms with Gasteiger partial charge >= 0.3 is 0 Å². The van der Waals surface area contributed by atoms with Crippen molar-refractivity contribution in [3.8, 4) is 0 Å². The summed E-state index contributed by atoms with van der Waals surface area (Å²) in [7, 11) is 4.26. The predicted molar refractivity (Wildman–Crippen MR) is 94.1 cm³/mol. The van der Waals surface area contributed by atoms with Gasteiger partial charge in [0.2, 0.25) is 0 Å². The topological polar surface area (TPSA) is 18.5 Å². The van der Waals surface area contributed by atoms with Gasteiger partial charge < -0.3 is 15.1 Å². The van der Waals surface area contributed by atoms with Gasteiger partial charge in [0.25, 0.3) is 0 Å². The molecule has 0 bridgehead atoms. The van der Waals surface area contributed by atoms with E-state index in [0.717, 1.165) is 26.2 Å². The zero-order chi connectivity index (χ0) is 15.9. The maximum absolute atomic E-state index is 3.53. The van der Waals surface area contributed by atoms with Crippen LogP contribution in [-0.2, 0) is 6.54 Å². The Kier molecular flexibility index (Phi) is 7.20. The number of nitrogens with zero attached hydrogens (tertiary/aromatic N) is 2. The summed E-state index contributed by atoms with van der Waals surface area (Å²) in [5, 5.41) is 3.53. The molecule has 120 valence electrons. The first-order valence-corrected chi connectivity index (χ1v) is 8.05. The van der Waals surface area contributed by atoms with Gasteiger partial charge in [-0.3, -0.25) is 0 Å². The number of anilines is 1. The van der Waals surface area contributed by atoms with Gasteiger partial charge in [0.15, 0.2) is 0 Å². The van der Waals surface area contributed by atoms with Gasteiger partial charge in [0.05, 0.1) is 0 Å². The van der Waals surface area contributed by atoms with E-state index in [2.05, 4.69) is 81.2 Å². The van der Waals surface area contributed by atoms with Crippen LogP contribution < -0.4 is 10.2 Å². The molecule has 1 aromatic rings. The zero-order valence-electron chi connectivity index (χ0n) is 14.7. The van der Waals surface area contributed by atoms with Crippen molar-refractivity contribution in [1.82, 2.24) is 10.2 Å². The van der Waals surface area contributed by atoms with Crippen molar-refractivity contribution in [2.45, 2.75) is 46.2 Å². The van der Waals surface area contributed by atoms with E-state index in [4.69, 9.17) is 0 Å². The minimum absolute atomic E-state index is 0.167. The highest BCUT2D eigenvalue weighted by Gasteiger charge is 2.09. The van der Waals surface area contributed by atoms with Crippen LogP contribution in [0.2, 0.25) is 0 Å². The van der Waals surface area contributed by atoms with Gasteiger partial charge in [-0.25, -0.2) is 0 Å². The molecule has 1 aromatic carbocycles. The SMILES string of the molecule is CCN(CCCN(C)C)c1ccc(CNC(C)(C)C)cc1. The average Bonchev–Trinajstić information content (AvgIpc) is 2.41. The smallest absolute Gasteiger partial charge is 0.0366 e. The van der Waals surface area contributed by atoms with Crippen LogP contribution in [0.15, 0.2) is 24.3 Å². The molecule has 0 heterocycles. The van der Waals surface area contributed by atoms with E-state index in [1.54, 1.807) is 0 Å². The van der Waals surface area contributed by atoms with E-state index in [9.17, 15) is 0 Å². The molecule has 0 unspecified atom stereocenters. The summed E-state index contributed by atoms with van der Waals surface area (Å²) < 4.78 is 0. The Morgan fingerprint density at radius 2 is 1.62 bits per heavy atom. The lowest BCUT2D eigenvalue weighted by Gasteiger charge is -2.25. The average molecular weight is 291 g/mol. The summed E-state index contributed by atoms with van der Waals surface area (Å²) in [6, 6.07) is 8.98. The van der Waals surface area contributed by atoms with Crippen molar-refractivity contribution in [1.29, 1.82) is 0 Å². The molecule has 21 heavy (non-hydrogen) atoms. The number of hydrogen-bond acceptors (Lipinski definition) is 3. The van der Waals surface area contributed by atoms with Crippen LogP contribution in [-0.4, -0.2) is 44.2 Å². The highest BCUT2D eigenvalue weighted by molar-refractivity contribution is 5.47. The van der Waals surface area contributed by atoms with Gasteiger partial charge in [-0.15, -0.1) is 0 Å². The third-order valence-corrected chi connectivity index (χ3v) is 3.54. The van der Waals surface area contributed by atoms with Crippen molar-refractivity contribution >= 4 is 5.69 Å². The Morgan fingerprint density at radius 3 is 2.10 bits per heavy atom. The third-order valence-electron chi connectivity index (χ3n) is 3.54. The number of rotatable bonds is 8. The van der Waals surface area contributed by atoms with E-state index >= 15 is 0 Å². The largest absolute Gasteiger partial charge is 0.372 e. The lowest BCUT2D eigenvalue weighted by Crippen LogP contribution is -2.35. The van der Waals surface area contributed by atoms with Gasteiger partial charge in [0.1, 0.15) is 0 Å².